The fourth-order valence-electron chi connectivity index (χ4n) is 2.60. The Morgan fingerprint density at radius 2 is 1.71 bits per heavy atom. The normalized spacial score (nSPS) is 14.7. The van der Waals surface area contributed by atoms with E-state index in [4.69, 9.17) is 4.42 Å². The Bertz CT molecular complexity index is 903. The SMILES string of the molecule is CC(C)/C(=N/[S@+]([O-])C(C)(C)C)c1ccc2oc3ccccc3c2c1. The molecule has 126 valence electrons. The average molecular weight is 341 g/mol. The van der Waals surface area contributed by atoms with Crippen LogP contribution in [0.25, 0.3) is 21.9 Å². The summed E-state index contributed by atoms with van der Waals surface area (Å²) < 4.78 is 22.5. The van der Waals surface area contributed by atoms with Crippen LogP contribution in [0.3, 0.4) is 0 Å². The molecule has 0 unspecified atom stereocenters. The van der Waals surface area contributed by atoms with Crippen molar-refractivity contribution in [3.8, 4) is 0 Å². The Balaban J connectivity index is 2.15. The lowest BCUT2D eigenvalue weighted by Gasteiger charge is -2.20. The molecule has 0 saturated heterocycles. The molecule has 0 N–H and O–H groups in total. The first-order valence-corrected chi connectivity index (χ1v) is 9.30. The van der Waals surface area contributed by atoms with Crippen molar-refractivity contribution in [1.82, 2.24) is 0 Å². The molecule has 0 aliphatic rings. The minimum Gasteiger partial charge on any atom is -0.591 e. The second kappa shape index (κ2) is 6.26. The standard InChI is InChI=1S/C20H23NO2S/c1-13(2)19(21-24(22)20(3,4)5)14-10-11-18-16(12-14)15-8-6-7-9-17(15)23-18/h6-13H,1-5H3/b21-19-/t24-/m1/s1. The summed E-state index contributed by atoms with van der Waals surface area (Å²) in [6.07, 6.45) is 0. The maximum Gasteiger partial charge on any atom is 0.144 e. The van der Waals surface area contributed by atoms with Gasteiger partial charge in [-0.25, -0.2) is 0 Å². The lowest BCUT2D eigenvalue weighted by atomic mass is 9.98. The fraction of sp³-hybridized carbons (Fsp3) is 0.350. The van der Waals surface area contributed by atoms with Gasteiger partial charge in [0.05, 0.1) is 0 Å². The van der Waals surface area contributed by atoms with Crippen LogP contribution in [0.5, 0.6) is 0 Å². The maximum atomic E-state index is 12.5. The van der Waals surface area contributed by atoms with E-state index in [1.54, 1.807) is 0 Å². The molecule has 24 heavy (non-hydrogen) atoms. The second-order valence-corrected chi connectivity index (χ2v) is 9.21. The summed E-state index contributed by atoms with van der Waals surface area (Å²) in [6.45, 7) is 9.98. The summed E-state index contributed by atoms with van der Waals surface area (Å²) in [5.41, 5.74) is 3.61. The predicted molar refractivity (Wildman–Crippen MR) is 103 cm³/mol. The molecule has 0 radical (unpaired) electrons. The predicted octanol–water partition coefficient (Wildman–Crippen LogP) is 5.49. The Kier molecular flexibility index (Phi) is 4.45. The zero-order valence-corrected chi connectivity index (χ0v) is 15.6. The van der Waals surface area contributed by atoms with Crippen LogP contribution in [0.1, 0.15) is 40.2 Å². The van der Waals surface area contributed by atoms with Gasteiger partial charge in [0.2, 0.25) is 0 Å². The van der Waals surface area contributed by atoms with Crippen LogP contribution in [-0.2, 0) is 11.4 Å². The first kappa shape index (κ1) is 17.1. The van der Waals surface area contributed by atoms with Crippen molar-refractivity contribution in [2.75, 3.05) is 0 Å². The van der Waals surface area contributed by atoms with Gasteiger partial charge in [0.15, 0.2) is 0 Å². The number of fused-ring (bicyclic) bond motifs is 3. The van der Waals surface area contributed by atoms with Crippen LogP contribution >= 0.6 is 0 Å². The van der Waals surface area contributed by atoms with Gasteiger partial charge >= 0.3 is 0 Å². The second-order valence-electron chi connectivity index (χ2n) is 7.30. The number of benzene rings is 2. The van der Waals surface area contributed by atoms with Crippen molar-refractivity contribution >= 4 is 39.0 Å². The highest BCUT2D eigenvalue weighted by molar-refractivity contribution is 7.91. The van der Waals surface area contributed by atoms with E-state index in [0.29, 0.717) is 0 Å². The molecule has 3 nitrogen and oxygen atoms in total. The molecule has 0 aliphatic carbocycles. The Labute approximate surface area is 146 Å². The van der Waals surface area contributed by atoms with Gasteiger partial charge in [-0.3, -0.25) is 0 Å². The van der Waals surface area contributed by atoms with Gasteiger partial charge in [-0.05, 0) is 45.0 Å². The molecule has 1 atom stereocenters. The fourth-order valence-corrected chi connectivity index (χ4v) is 3.37. The number of furan rings is 1. The summed E-state index contributed by atoms with van der Waals surface area (Å²) in [5.74, 6) is 0.187. The highest BCUT2D eigenvalue weighted by atomic mass is 32.2. The van der Waals surface area contributed by atoms with Gasteiger partial charge in [-0.15, -0.1) is 0 Å². The lowest BCUT2D eigenvalue weighted by molar-refractivity contribution is 0.561. The van der Waals surface area contributed by atoms with Crippen LogP contribution in [0.4, 0.5) is 0 Å². The molecule has 3 rings (SSSR count). The number of nitrogens with zero attached hydrogens (tertiary/aromatic N) is 1. The van der Waals surface area contributed by atoms with Gasteiger partial charge in [-0.2, -0.15) is 0 Å². The van der Waals surface area contributed by atoms with E-state index in [1.165, 1.54) is 0 Å². The summed E-state index contributed by atoms with van der Waals surface area (Å²) >= 11 is -1.28. The number of rotatable bonds is 3. The first-order valence-electron chi connectivity index (χ1n) is 8.19. The molecule has 0 aliphatic heterocycles. The van der Waals surface area contributed by atoms with E-state index < -0.39 is 11.4 Å². The van der Waals surface area contributed by atoms with Gasteiger partial charge in [0.25, 0.3) is 0 Å². The van der Waals surface area contributed by atoms with E-state index in [9.17, 15) is 4.55 Å². The van der Waals surface area contributed by atoms with E-state index in [1.807, 2.05) is 51.1 Å². The first-order chi connectivity index (χ1) is 11.3. The van der Waals surface area contributed by atoms with Crippen molar-refractivity contribution in [3.05, 3.63) is 48.0 Å². The zero-order valence-electron chi connectivity index (χ0n) is 14.8. The summed E-state index contributed by atoms with van der Waals surface area (Å²) in [5, 5.41) is 2.16. The molecule has 4 heteroatoms. The Morgan fingerprint density at radius 3 is 2.38 bits per heavy atom. The highest BCUT2D eigenvalue weighted by Crippen LogP contribution is 2.30. The molecule has 0 amide bonds. The van der Waals surface area contributed by atoms with E-state index in [-0.39, 0.29) is 10.7 Å². The van der Waals surface area contributed by atoms with Crippen LogP contribution in [0.2, 0.25) is 0 Å². The molecule has 0 spiro atoms. The van der Waals surface area contributed by atoms with Gasteiger partial charge in [-0.1, -0.05) is 36.4 Å². The summed E-state index contributed by atoms with van der Waals surface area (Å²) in [7, 11) is 0. The minimum absolute atomic E-state index is 0.187. The van der Waals surface area contributed by atoms with Crippen LogP contribution in [-0.4, -0.2) is 15.0 Å². The number of para-hydroxylation sites is 1. The Hall–Kier alpha value is -1.78. The van der Waals surface area contributed by atoms with Gasteiger partial charge in [0, 0.05) is 22.3 Å². The molecule has 0 saturated carbocycles. The topological polar surface area (TPSA) is 48.6 Å². The third-order valence-corrected chi connectivity index (χ3v) is 5.33. The van der Waals surface area contributed by atoms with Gasteiger partial charge < -0.3 is 8.97 Å². The van der Waals surface area contributed by atoms with E-state index in [2.05, 4.69) is 30.4 Å². The van der Waals surface area contributed by atoms with Crippen molar-refractivity contribution < 1.29 is 8.97 Å². The van der Waals surface area contributed by atoms with E-state index in [0.717, 1.165) is 33.2 Å². The third kappa shape index (κ3) is 3.21. The molecule has 1 aromatic heterocycles. The lowest BCUT2D eigenvalue weighted by Crippen LogP contribution is -2.28. The molecule has 0 bridgehead atoms. The molecule has 3 aromatic rings. The summed E-state index contributed by atoms with van der Waals surface area (Å²) in [6, 6.07) is 14.1. The van der Waals surface area contributed by atoms with Crippen LogP contribution in [0, 0.1) is 5.92 Å². The molecular weight excluding hydrogens is 318 g/mol. The smallest absolute Gasteiger partial charge is 0.144 e. The van der Waals surface area contributed by atoms with Crippen molar-refractivity contribution in [3.63, 3.8) is 0 Å². The Morgan fingerprint density at radius 1 is 1.04 bits per heavy atom. The maximum absolute atomic E-state index is 12.5. The average Bonchev–Trinajstić information content (AvgIpc) is 2.88. The molecule has 1 heterocycles. The van der Waals surface area contributed by atoms with Gasteiger partial charge in [0.1, 0.15) is 33.0 Å². The molecule has 2 aromatic carbocycles. The van der Waals surface area contributed by atoms with Crippen LogP contribution in [0.15, 0.2) is 51.3 Å². The zero-order chi connectivity index (χ0) is 17.5. The van der Waals surface area contributed by atoms with Crippen molar-refractivity contribution in [2.24, 2.45) is 10.3 Å². The van der Waals surface area contributed by atoms with Crippen molar-refractivity contribution in [2.45, 2.75) is 39.4 Å². The number of hydrogen-bond donors (Lipinski definition) is 0. The minimum atomic E-state index is -1.28. The monoisotopic (exact) mass is 341 g/mol. The van der Waals surface area contributed by atoms with E-state index >= 15 is 0 Å². The molecular formula is C20H23NO2S. The quantitative estimate of drug-likeness (QED) is 0.467. The summed E-state index contributed by atoms with van der Waals surface area (Å²) in [4.78, 5) is 0. The largest absolute Gasteiger partial charge is 0.591 e. The molecule has 0 fully saturated rings. The third-order valence-electron chi connectivity index (χ3n) is 3.92. The highest BCUT2D eigenvalue weighted by Gasteiger charge is 2.28. The van der Waals surface area contributed by atoms with Crippen LogP contribution < -0.4 is 0 Å². The van der Waals surface area contributed by atoms with Crippen molar-refractivity contribution in [1.29, 1.82) is 0 Å². The number of hydrogen-bond acceptors (Lipinski definition) is 3.